The minimum Gasteiger partial charge on any atom is -0.495 e. The summed E-state index contributed by atoms with van der Waals surface area (Å²) < 4.78 is 10.3. The Morgan fingerprint density at radius 3 is 2.56 bits per heavy atom. The van der Waals surface area contributed by atoms with Crippen LogP contribution >= 0.6 is 11.6 Å². The lowest BCUT2D eigenvalue weighted by Crippen LogP contribution is -2.23. The highest BCUT2D eigenvalue weighted by atomic mass is 35.5. The number of nitrogens with two attached hydrogens (primary N) is 1. The highest BCUT2D eigenvalue weighted by Crippen LogP contribution is 2.35. The molecule has 0 aliphatic carbocycles. The van der Waals surface area contributed by atoms with Crippen LogP contribution < -0.4 is 20.5 Å². The van der Waals surface area contributed by atoms with E-state index in [0.29, 0.717) is 34.7 Å². The van der Waals surface area contributed by atoms with E-state index in [4.69, 9.17) is 26.8 Å². The summed E-state index contributed by atoms with van der Waals surface area (Å²) in [5, 5.41) is 3.43. The van der Waals surface area contributed by atoms with Gasteiger partial charge in [0.25, 0.3) is 0 Å². The van der Waals surface area contributed by atoms with Gasteiger partial charge in [-0.1, -0.05) is 18.5 Å². The number of nitrogens with one attached hydrogen (secondary N) is 1. The monoisotopic (exact) mass is 271 g/mol. The third-order valence-corrected chi connectivity index (χ3v) is 2.54. The molecule has 0 bridgehead atoms. The summed E-state index contributed by atoms with van der Waals surface area (Å²) in [5.74, 6) is 1.46. The molecule has 0 heterocycles. The van der Waals surface area contributed by atoms with Crippen LogP contribution in [0.3, 0.4) is 0 Å². The van der Waals surface area contributed by atoms with Crippen molar-refractivity contribution in [1.82, 2.24) is 0 Å². The number of rotatable bonds is 5. The molecule has 0 spiro atoms. The van der Waals surface area contributed by atoms with Crippen molar-refractivity contribution in [1.29, 1.82) is 0 Å². The Bertz CT molecular complexity index is 436. The highest BCUT2D eigenvalue weighted by molar-refractivity contribution is 6.32. The second-order valence-electron chi connectivity index (χ2n) is 3.58. The number of hydrogen-bond acceptors (Lipinski definition) is 3. The molecule has 0 saturated carbocycles. The molecule has 100 valence electrons. The predicted octanol–water partition coefficient (Wildman–Crippen LogP) is 2.49. The first kappa shape index (κ1) is 14.4. The number of anilines is 1. The van der Waals surface area contributed by atoms with Gasteiger partial charge in [0.2, 0.25) is 0 Å². The van der Waals surface area contributed by atoms with Crippen molar-refractivity contribution in [3.05, 3.63) is 17.2 Å². The third-order valence-electron chi connectivity index (χ3n) is 2.24. The molecule has 0 aliphatic rings. The van der Waals surface area contributed by atoms with Crippen LogP contribution in [0.15, 0.2) is 17.1 Å². The zero-order valence-electron chi connectivity index (χ0n) is 10.8. The van der Waals surface area contributed by atoms with Crippen molar-refractivity contribution in [2.45, 2.75) is 13.3 Å². The van der Waals surface area contributed by atoms with E-state index in [1.807, 2.05) is 6.92 Å². The summed E-state index contributed by atoms with van der Waals surface area (Å²) in [4.78, 5) is 4.14. The molecule has 1 aromatic rings. The molecule has 0 aromatic heterocycles. The number of nitrogens with zero attached hydrogens (tertiary/aromatic N) is 1. The van der Waals surface area contributed by atoms with Gasteiger partial charge < -0.3 is 20.5 Å². The maximum absolute atomic E-state index is 6.05. The average Bonchev–Trinajstić information content (AvgIpc) is 2.36. The van der Waals surface area contributed by atoms with Gasteiger partial charge in [-0.05, 0) is 12.5 Å². The van der Waals surface area contributed by atoms with E-state index in [1.54, 1.807) is 26.4 Å². The van der Waals surface area contributed by atoms with E-state index in [1.165, 1.54) is 0 Å². The molecule has 0 fully saturated rings. The second-order valence-corrected chi connectivity index (χ2v) is 3.99. The van der Waals surface area contributed by atoms with Crippen LogP contribution in [-0.2, 0) is 0 Å². The van der Waals surface area contributed by atoms with Crippen molar-refractivity contribution < 1.29 is 9.47 Å². The number of methoxy groups -OCH3 is 2. The molecule has 18 heavy (non-hydrogen) atoms. The zero-order chi connectivity index (χ0) is 13.5. The maximum atomic E-state index is 6.05. The molecule has 0 unspecified atom stereocenters. The Hall–Kier alpha value is -1.62. The fourth-order valence-corrected chi connectivity index (χ4v) is 1.61. The molecule has 1 rings (SSSR count). The van der Waals surface area contributed by atoms with Crippen LogP contribution in [0.4, 0.5) is 5.69 Å². The number of hydrogen-bond donors (Lipinski definition) is 2. The molecule has 6 heteroatoms. The van der Waals surface area contributed by atoms with Gasteiger partial charge in [0.05, 0.1) is 24.9 Å². The number of ether oxygens (including phenoxy) is 2. The first-order valence-electron chi connectivity index (χ1n) is 5.60. The normalized spacial score (nSPS) is 11.2. The lowest BCUT2D eigenvalue weighted by Gasteiger charge is -2.13. The van der Waals surface area contributed by atoms with Crippen molar-refractivity contribution >= 4 is 23.2 Å². The minimum atomic E-state index is 0.330. The molecule has 3 N–H and O–H groups in total. The summed E-state index contributed by atoms with van der Waals surface area (Å²) >= 11 is 6.05. The van der Waals surface area contributed by atoms with E-state index in [9.17, 15) is 0 Å². The van der Waals surface area contributed by atoms with Crippen LogP contribution in [0.2, 0.25) is 5.02 Å². The van der Waals surface area contributed by atoms with Crippen molar-refractivity contribution in [3.8, 4) is 11.5 Å². The van der Waals surface area contributed by atoms with Gasteiger partial charge in [0, 0.05) is 12.6 Å². The van der Waals surface area contributed by atoms with Crippen molar-refractivity contribution in [2.24, 2.45) is 10.7 Å². The number of halogens is 1. The smallest absolute Gasteiger partial charge is 0.193 e. The molecule has 1 aromatic carbocycles. The highest BCUT2D eigenvalue weighted by Gasteiger charge is 2.10. The van der Waals surface area contributed by atoms with Gasteiger partial charge in [0.1, 0.15) is 11.5 Å². The van der Waals surface area contributed by atoms with E-state index < -0.39 is 0 Å². The molecular weight excluding hydrogens is 254 g/mol. The summed E-state index contributed by atoms with van der Waals surface area (Å²) in [5.41, 5.74) is 6.40. The Balaban J connectivity index is 2.97. The maximum Gasteiger partial charge on any atom is 0.193 e. The van der Waals surface area contributed by atoms with Crippen molar-refractivity contribution in [3.63, 3.8) is 0 Å². The van der Waals surface area contributed by atoms with Crippen molar-refractivity contribution in [2.75, 3.05) is 26.1 Å². The molecule has 0 saturated heterocycles. The predicted molar refractivity (Wildman–Crippen MR) is 75.0 cm³/mol. The van der Waals surface area contributed by atoms with E-state index in [-0.39, 0.29) is 0 Å². The van der Waals surface area contributed by atoms with Gasteiger partial charge >= 0.3 is 0 Å². The standard InChI is InChI=1S/C12H18ClN3O2/c1-4-5-15-12(14)16-9-6-8(13)10(17-2)7-11(9)18-3/h6-7H,4-5H2,1-3H3,(H3,14,15,16). The summed E-state index contributed by atoms with van der Waals surface area (Å²) in [6, 6.07) is 3.38. The van der Waals surface area contributed by atoms with Gasteiger partial charge in [-0.3, -0.25) is 4.99 Å². The summed E-state index contributed by atoms with van der Waals surface area (Å²) in [7, 11) is 3.11. The quantitative estimate of drug-likeness (QED) is 0.638. The van der Waals surface area contributed by atoms with Gasteiger partial charge in [-0.25, -0.2) is 0 Å². The lowest BCUT2D eigenvalue weighted by atomic mass is 10.2. The molecular formula is C12H18ClN3O2. The molecule has 0 atom stereocenters. The first-order valence-corrected chi connectivity index (χ1v) is 5.98. The largest absolute Gasteiger partial charge is 0.495 e. The number of guanidine groups is 1. The molecule has 0 aliphatic heterocycles. The number of aliphatic imine (C=N–C) groups is 1. The van der Waals surface area contributed by atoms with Gasteiger partial charge in [0.15, 0.2) is 5.96 Å². The second kappa shape index (κ2) is 6.96. The van der Waals surface area contributed by atoms with Crippen LogP contribution in [0.25, 0.3) is 0 Å². The Morgan fingerprint density at radius 2 is 2.00 bits per heavy atom. The lowest BCUT2D eigenvalue weighted by molar-refractivity contribution is 0.396. The molecule has 0 amide bonds. The Labute approximate surface area is 112 Å². The summed E-state index contributed by atoms with van der Waals surface area (Å²) in [6.45, 7) is 2.70. The Kier molecular flexibility index (Phi) is 5.58. The number of benzene rings is 1. The topological polar surface area (TPSA) is 68.9 Å². The molecule has 5 nitrogen and oxygen atoms in total. The molecule has 0 radical (unpaired) electrons. The average molecular weight is 272 g/mol. The van der Waals surface area contributed by atoms with Crippen LogP contribution in [0, 0.1) is 0 Å². The summed E-state index contributed by atoms with van der Waals surface area (Å²) in [6.07, 6.45) is 0.933. The van der Waals surface area contributed by atoms with Gasteiger partial charge in [-0.2, -0.15) is 0 Å². The van der Waals surface area contributed by atoms with E-state index in [2.05, 4.69) is 10.3 Å². The van der Waals surface area contributed by atoms with Crippen LogP contribution in [0.1, 0.15) is 13.3 Å². The minimum absolute atomic E-state index is 0.330. The zero-order valence-corrected chi connectivity index (χ0v) is 11.5. The van der Waals surface area contributed by atoms with E-state index in [0.717, 1.165) is 6.42 Å². The van der Waals surface area contributed by atoms with Gasteiger partial charge in [-0.15, -0.1) is 0 Å². The third kappa shape index (κ3) is 3.70. The van der Waals surface area contributed by atoms with Crippen LogP contribution in [-0.4, -0.2) is 26.7 Å². The van der Waals surface area contributed by atoms with E-state index >= 15 is 0 Å². The fraction of sp³-hybridized carbons (Fsp3) is 0.417. The fourth-order valence-electron chi connectivity index (χ4n) is 1.37. The first-order chi connectivity index (χ1) is 8.62. The SMILES string of the molecule is CCCN=C(N)Nc1cc(Cl)c(OC)cc1OC. The van der Waals surface area contributed by atoms with Crippen LogP contribution in [0.5, 0.6) is 11.5 Å². The Morgan fingerprint density at radius 1 is 1.33 bits per heavy atom.